The normalized spacial score (nSPS) is 16.8. The molecule has 0 saturated heterocycles. The fourth-order valence-electron chi connectivity index (χ4n) is 2.86. The number of nitrogens with one attached hydrogen (secondary N) is 2. The molecule has 1 aliphatic carbocycles. The van der Waals surface area contributed by atoms with Crippen molar-refractivity contribution in [1.82, 2.24) is 15.3 Å². The molecule has 1 heterocycles. The summed E-state index contributed by atoms with van der Waals surface area (Å²) in [7, 11) is 1.71. The molecule has 1 aliphatic rings. The summed E-state index contributed by atoms with van der Waals surface area (Å²) in [5.41, 5.74) is 5.08. The maximum atomic E-state index is 5.03. The third kappa shape index (κ3) is 2.49. The first kappa shape index (κ1) is 13.3. The number of fused-ring (bicyclic) bond motifs is 3. The molecule has 0 bridgehead atoms. The van der Waals surface area contributed by atoms with Gasteiger partial charge in [0, 0.05) is 24.9 Å². The van der Waals surface area contributed by atoms with Gasteiger partial charge in [0.15, 0.2) is 0 Å². The van der Waals surface area contributed by atoms with Crippen LogP contribution in [0.15, 0.2) is 24.3 Å². The Morgan fingerprint density at radius 3 is 3.10 bits per heavy atom. The minimum Gasteiger partial charge on any atom is -0.383 e. The molecule has 2 N–H and O–H groups in total. The topological polar surface area (TPSA) is 49.9 Å². The highest BCUT2D eigenvalue weighted by molar-refractivity contribution is 5.69. The van der Waals surface area contributed by atoms with Crippen LogP contribution in [0.1, 0.15) is 29.9 Å². The highest BCUT2D eigenvalue weighted by Gasteiger charge is 2.24. The Kier molecular flexibility index (Phi) is 3.85. The number of methoxy groups -OCH3 is 1. The van der Waals surface area contributed by atoms with Crippen molar-refractivity contribution in [2.75, 3.05) is 20.3 Å². The van der Waals surface area contributed by atoms with Gasteiger partial charge in [0.2, 0.25) is 0 Å². The van der Waals surface area contributed by atoms with Gasteiger partial charge in [-0.15, -0.1) is 0 Å². The molecular formula is C16H21N3O. The molecule has 1 atom stereocenters. The Morgan fingerprint density at radius 2 is 2.25 bits per heavy atom. The molecule has 4 heteroatoms. The van der Waals surface area contributed by atoms with Crippen molar-refractivity contribution in [1.29, 1.82) is 0 Å². The number of aromatic amines is 1. The Balaban J connectivity index is 1.81. The zero-order valence-corrected chi connectivity index (χ0v) is 12.1. The molecule has 0 radical (unpaired) electrons. The molecule has 2 aromatic rings. The van der Waals surface area contributed by atoms with Gasteiger partial charge in [-0.2, -0.15) is 0 Å². The van der Waals surface area contributed by atoms with Crippen LogP contribution in [-0.4, -0.2) is 30.2 Å². The first-order chi connectivity index (χ1) is 9.79. The van der Waals surface area contributed by atoms with E-state index in [9.17, 15) is 0 Å². The van der Waals surface area contributed by atoms with Crippen LogP contribution in [0.5, 0.6) is 0 Å². The van der Waals surface area contributed by atoms with Crippen LogP contribution in [0, 0.1) is 0 Å². The summed E-state index contributed by atoms with van der Waals surface area (Å²) in [6, 6.07) is 8.59. The number of H-pyrrole nitrogens is 1. The lowest BCUT2D eigenvalue weighted by Crippen LogP contribution is -2.19. The van der Waals surface area contributed by atoms with Gasteiger partial charge in [-0.05, 0) is 17.9 Å². The van der Waals surface area contributed by atoms with E-state index >= 15 is 0 Å². The standard InChI is InChI=1S/C16H21N3O/c1-11-9-14-16(13-6-4-3-5-12(11)13)19-15(18-14)10-17-7-8-20-2/h3-6,11,17H,7-10H2,1-2H3,(H,18,19). The first-order valence-corrected chi connectivity index (χ1v) is 7.16. The fraction of sp³-hybridized carbons (Fsp3) is 0.438. The average molecular weight is 271 g/mol. The highest BCUT2D eigenvalue weighted by Crippen LogP contribution is 2.37. The van der Waals surface area contributed by atoms with E-state index in [-0.39, 0.29) is 0 Å². The summed E-state index contributed by atoms with van der Waals surface area (Å²) in [4.78, 5) is 8.23. The van der Waals surface area contributed by atoms with Crippen LogP contribution < -0.4 is 5.32 Å². The lowest BCUT2D eigenvalue weighted by molar-refractivity contribution is 0.199. The van der Waals surface area contributed by atoms with E-state index in [0.717, 1.165) is 37.6 Å². The zero-order chi connectivity index (χ0) is 13.9. The molecule has 0 spiro atoms. The van der Waals surface area contributed by atoms with Gasteiger partial charge in [0.05, 0.1) is 18.8 Å². The van der Waals surface area contributed by atoms with Gasteiger partial charge in [0.1, 0.15) is 5.82 Å². The number of ether oxygens (including phenoxy) is 1. The molecule has 0 fully saturated rings. The average Bonchev–Trinajstić information content (AvgIpc) is 2.87. The summed E-state index contributed by atoms with van der Waals surface area (Å²) >= 11 is 0. The lowest BCUT2D eigenvalue weighted by atomic mass is 9.85. The van der Waals surface area contributed by atoms with Gasteiger partial charge in [-0.1, -0.05) is 31.2 Å². The van der Waals surface area contributed by atoms with E-state index in [2.05, 4.69) is 41.5 Å². The second kappa shape index (κ2) is 5.77. The number of aromatic nitrogens is 2. The van der Waals surface area contributed by atoms with E-state index in [0.29, 0.717) is 5.92 Å². The first-order valence-electron chi connectivity index (χ1n) is 7.16. The maximum absolute atomic E-state index is 5.03. The van der Waals surface area contributed by atoms with E-state index < -0.39 is 0 Å². The molecule has 3 rings (SSSR count). The van der Waals surface area contributed by atoms with Crippen LogP contribution in [0.3, 0.4) is 0 Å². The summed E-state index contributed by atoms with van der Waals surface area (Å²) in [6.45, 7) is 4.60. The summed E-state index contributed by atoms with van der Waals surface area (Å²) in [5, 5.41) is 3.33. The van der Waals surface area contributed by atoms with Crippen LogP contribution in [-0.2, 0) is 17.7 Å². The maximum Gasteiger partial charge on any atom is 0.121 e. The monoisotopic (exact) mass is 271 g/mol. The quantitative estimate of drug-likeness (QED) is 0.821. The van der Waals surface area contributed by atoms with Gasteiger partial charge >= 0.3 is 0 Å². The lowest BCUT2D eigenvalue weighted by Gasteiger charge is -2.21. The smallest absolute Gasteiger partial charge is 0.121 e. The predicted octanol–water partition coefficient (Wildman–Crippen LogP) is 2.47. The fourth-order valence-corrected chi connectivity index (χ4v) is 2.86. The molecule has 0 aliphatic heterocycles. The third-order valence-corrected chi connectivity index (χ3v) is 3.86. The minimum atomic E-state index is 0.549. The van der Waals surface area contributed by atoms with Crippen molar-refractivity contribution in [2.45, 2.75) is 25.8 Å². The molecule has 4 nitrogen and oxygen atoms in total. The zero-order valence-electron chi connectivity index (χ0n) is 12.1. The van der Waals surface area contributed by atoms with Gasteiger partial charge < -0.3 is 15.0 Å². The minimum absolute atomic E-state index is 0.549. The van der Waals surface area contributed by atoms with Gasteiger partial charge in [0.25, 0.3) is 0 Å². The van der Waals surface area contributed by atoms with Crippen molar-refractivity contribution in [2.24, 2.45) is 0 Å². The number of nitrogens with zero attached hydrogens (tertiary/aromatic N) is 1. The Morgan fingerprint density at radius 1 is 1.40 bits per heavy atom. The van der Waals surface area contributed by atoms with Gasteiger partial charge in [-0.25, -0.2) is 4.98 Å². The largest absolute Gasteiger partial charge is 0.383 e. The highest BCUT2D eigenvalue weighted by atomic mass is 16.5. The van der Waals surface area contributed by atoms with E-state index in [1.165, 1.54) is 16.8 Å². The molecule has 1 aromatic heterocycles. The third-order valence-electron chi connectivity index (χ3n) is 3.86. The van der Waals surface area contributed by atoms with Crippen LogP contribution in [0.2, 0.25) is 0 Å². The second-order valence-corrected chi connectivity index (χ2v) is 5.37. The number of hydrogen-bond acceptors (Lipinski definition) is 3. The summed E-state index contributed by atoms with van der Waals surface area (Å²) in [6.07, 6.45) is 1.04. The summed E-state index contributed by atoms with van der Waals surface area (Å²) in [5.74, 6) is 1.56. The molecule has 1 aromatic carbocycles. The number of hydrogen-bond donors (Lipinski definition) is 2. The Hall–Kier alpha value is -1.65. The van der Waals surface area contributed by atoms with Crippen LogP contribution >= 0.6 is 0 Å². The van der Waals surface area contributed by atoms with E-state index in [4.69, 9.17) is 9.72 Å². The van der Waals surface area contributed by atoms with Crippen LogP contribution in [0.4, 0.5) is 0 Å². The Bertz CT molecular complexity index is 591. The van der Waals surface area contributed by atoms with E-state index in [1.807, 2.05) is 0 Å². The van der Waals surface area contributed by atoms with Crippen molar-refractivity contribution in [3.05, 3.63) is 41.3 Å². The van der Waals surface area contributed by atoms with Crippen LogP contribution in [0.25, 0.3) is 11.3 Å². The second-order valence-electron chi connectivity index (χ2n) is 5.37. The predicted molar refractivity (Wildman–Crippen MR) is 79.7 cm³/mol. The molecule has 1 unspecified atom stereocenters. The Labute approximate surface area is 119 Å². The van der Waals surface area contributed by atoms with Crippen molar-refractivity contribution in [3.8, 4) is 11.3 Å². The molecule has 0 amide bonds. The van der Waals surface area contributed by atoms with Crippen molar-refractivity contribution >= 4 is 0 Å². The van der Waals surface area contributed by atoms with Gasteiger partial charge in [-0.3, -0.25) is 0 Å². The number of rotatable bonds is 5. The SMILES string of the molecule is COCCNCc1nc2c([nH]1)CC(C)c1ccccc1-2. The van der Waals surface area contributed by atoms with Crippen molar-refractivity contribution < 1.29 is 4.74 Å². The molecule has 0 saturated carbocycles. The van der Waals surface area contributed by atoms with Crippen molar-refractivity contribution in [3.63, 3.8) is 0 Å². The number of benzene rings is 1. The molecule has 106 valence electrons. The molecular weight excluding hydrogens is 250 g/mol. The molecule has 20 heavy (non-hydrogen) atoms. The summed E-state index contributed by atoms with van der Waals surface area (Å²) < 4.78 is 5.03. The number of imidazole rings is 1. The van der Waals surface area contributed by atoms with E-state index in [1.54, 1.807) is 7.11 Å².